The molecule has 2 aromatic carbocycles. The van der Waals surface area contributed by atoms with Gasteiger partial charge in [0.1, 0.15) is 5.69 Å². The molecule has 3 aromatic rings. The quantitative estimate of drug-likeness (QED) is 0.331. The maximum atomic E-state index is 13.0. The number of aromatic nitrogens is 1. The summed E-state index contributed by atoms with van der Waals surface area (Å²) in [5, 5.41) is 13.5. The largest absolute Gasteiger partial charge is 0.465 e. The SMILES string of the molecule is CC(=O)OCC(CO)COC(=O)CS(=O)(=O)c1ccc([C@@H](C)NC(=O)c2cc3c(Cl)cc(C)cc3n2C)cc1. The van der Waals surface area contributed by atoms with Crippen molar-refractivity contribution in [3.05, 3.63) is 64.3 Å². The number of hydrogen-bond donors (Lipinski definition) is 2. The van der Waals surface area contributed by atoms with E-state index >= 15 is 0 Å². The second kappa shape index (κ2) is 12.6. The number of benzene rings is 2. The van der Waals surface area contributed by atoms with Crippen molar-refractivity contribution in [2.75, 3.05) is 25.6 Å². The van der Waals surface area contributed by atoms with Crippen LogP contribution in [0.4, 0.5) is 0 Å². The number of sulfone groups is 1. The van der Waals surface area contributed by atoms with E-state index in [9.17, 15) is 27.9 Å². The third-order valence-electron chi connectivity index (χ3n) is 6.14. The number of carbonyl (C=O) groups is 3. The van der Waals surface area contributed by atoms with Crippen LogP contribution in [-0.2, 0) is 35.9 Å². The van der Waals surface area contributed by atoms with Crippen molar-refractivity contribution in [3.63, 3.8) is 0 Å². The maximum absolute atomic E-state index is 13.0. The summed E-state index contributed by atoms with van der Waals surface area (Å²) in [5.41, 5.74) is 2.90. The summed E-state index contributed by atoms with van der Waals surface area (Å²) in [6.45, 7) is 4.04. The number of amides is 1. The van der Waals surface area contributed by atoms with Crippen LogP contribution in [-0.4, -0.2) is 61.5 Å². The first-order chi connectivity index (χ1) is 18.3. The Morgan fingerprint density at radius 3 is 2.33 bits per heavy atom. The number of nitrogens with zero attached hydrogens (tertiary/aromatic N) is 1. The number of rotatable bonds is 11. The van der Waals surface area contributed by atoms with Gasteiger partial charge in [-0.05, 0) is 55.3 Å². The normalized spacial score (nSPS) is 13.1. The fourth-order valence-electron chi connectivity index (χ4n) is 3.93. The number of ether oxygens (including phenoxy) is 2. The van der Waals surface area contributed by atoms with Crippen molar-refractivity contribution in [1.29, 1.82) is 0 Å². The summed E-state index contributed by atoms with van der Waals surface area (Å²) in [4.78, 5) is 35.9. The van der Waals surface area contributed by atoms with Crippen molar-refractivity contribution in [2.24, 2.45) is 13.0 Å². The van der Waals surface area contributed by atoms with E-state index in [-0.39, 0.29) is 24.0 Å². The zero-order chi connectivity index (χ0) is 28.9. The Labute approximate surface area is 231 Å². The summed E-state index contributed by atoms with van der Waals surface area (Å²) < 4.78 is 36.9. The Hall–Kier alpha value is -3.41. The molecule has 0 bridgehead atoms. The number of nitrogens with one attached hydrogen (secondary N) is 1. The zero-order valence-electron chi connectivity index (χ0n) is 22.1. The minimum absolute atomic E-state index is 0.0842. The molecule has 0 aliphatic carbocycles. The Morgan fingerprint density at radius 2 is 1.72 bits per heavy atom. The van der Waals surface area contributed by atoms with Gasteiger partial charge in [-0.2, -0.15) is 0 Å². The van der Waals surface area contributed by atoms with Gasteiger partial charge in [0.05, 0.1) is 47.2 Å². The van der Waals surface area contributed by atoms with Crippen LogP contribution in [0.2, 0.25) is 5.02 Å². The van der Waals surface area contributed by atoms with E-state index < -0.39 is 46.1 Å². The van der Waals surface area contributed by atoms with Crippen LogP contribution >= 0.6 is 11.6 Å². The van der Waals surface area contributed by atoms with Gasteiger partial charge in [-0.25, -0.2) is 8.42 Å². The molecule has 210 valence electrons. The number of aliphatic hydroxyl groups is 1. The minimum Gasteiger partial charge on any atom is -0.465 e. The standard InChI is InChI=1S/C27H31ClN2O8S/c1-16-9-23(28)22-11-25(30(4)24(22)10-16)27(34)29-17(2)20-5-7-21(8-6-20)39(35,36)15-26(33)38-14-19(12-31)13-37-18(3)32/h5-11,17,19,31H,12-15H2,1-4H3,(H,29,34)/t17-,19?/m1/s1. The van der Waals surface area contributed by atoms with Crippen LogP contribution in [0.25, 0.3) is 10.9 Å². The van der Waals surface area contributed by atoms with Crippen molar-refractivity contribution >= 4 is 50.2 Å². The van der Waals surface area contributed by atoms with Gasteiger partial charge >= 0.3 is 11.9 Å². The first-order valence-electron chi connectivity index (χ1n) is 12.1. The summed E-state index contributed by atoms with van der Waals surface area (Å²) in [7, 11) is -2.22. The Bertz CT molecular complexity index is 1480. The lowest BCUT2D eigenvalue weighted by Gasteiger charge is -2.16. The Balaban J connectivity index is 1.62. The Morgan fingerprint density at radius 1 is 1.08 bits per heavy atom. The highest BCUT2D eigenvalue weighted by Gasteiger charge is 2.23. The molecule has 10 nitrogen and oxygen atoms in total. The molecule has 0 fully saturated rings. The predicted molar refractivity (Wildman–Crippen MR) is 145 cm³/mol. The highest BCUT2D eigenvalue weighted by atomic mass is 35.5. The average Bonchev–Trinajstić information content (AvgIpc) is 3.20. The van der Waals surface area contributed by atoms with Crippen molar-refractivity contribution in [3.8, 4) is 0 Å². The third kappa shape index (κ3) is 7.59. The molecule has 12 heteroatoms. The van der Waals surface area contributed by atoms with E-state index in [0.717, 1.165) is 16.5 Å². The Kier molecular flexibility index (Phi) is 9.76. The molecule has 2 N–H and O–H groups in total. The molecule has 2 atom stereocenters. The molecule has 1 unspecified atom stereocenters. The van der Waals surface area contributed by atoms with Gasteiger partial charge in [0.15, 0.2) is 15.6 Å². The van der Waals surface area contributed by atoms with E-state index in [2.05, 4.69) is 5.32 Å². The number of hydrogen-bond acceptors (Lipinski definition) is 8. The number of aliphatic hydroxyl groups excluding tert-OH is 1. The van der Waals surface area contributed by atoms with Gasteiger partial charge in [0.25, 0.3) is 5.91 Å². The van der Waals surface area contributed by atoms with E-state index in [4.69, 9.17) is 21.1 Å². The first-order valence-corrected chi connectivity index (χ1v) is 14.1. The second-order valence-electron chi connectivity index (χ2n) is 9.33. The monoisotopic (exact) mass is 578 g/mol. The van der Waals surface area contributed by atoms with Crippen LogP contribution in [0.5, 0.6) is 0 Å². The lowest BCUT2D eigenvalue weighted by atomic mass is 10.1. The van der Waals surface area contributed by atoms with Crippen molar-refractivity contribution < 1.29 is 37.4 Å². The molecule has 0 saturated carbocycles. The summed E-state index contributed by atoms with van der Waals surface area (Å²) >= 11 is 6.35. The van der Waals surface area contributed by atoms with Crippen LogP contribution in [0.15, 0.2) is 47.4 Å². The maximum Gasteiger partial charge on any atom is 0.321 e. The molecule has 0 spiro atoms. The molecule has 1 amide bonds. The van der Waals surface area contributed by atoms with Crippen LogP contribution in [0.3, 0.4) is 0 Å². The third-order valence-corrected chi connectivity index (χ3v) is 8.06. The summed E-state index contributed by atoms with van der Waals surface area (Å²) in [6.07, 6.45) is 0. The lowest BCUT2D eigenvalue weighted by molar-refractivity contribution is -0.146. The van der Waals surface area contributed by atoms with Gasteiger partial charge in [-0.1, -0.05) is 23.7 Å². The lowest BCUT2D eigenvalue weighted by Crippen LogP contribution is -2.28. The van der Waals surface area contributed by atoms with Crippen molar-refractivity contribution in [2.45, 2.75) is 31.7 Å². The number of halogens is 1. The molecule has 0 saturated heterocycles. The summed E-state index contributed by atoms with van der Waals surface area (Å²) in [5.74, 6) is -3.41. The molecule has 1 aromatic heterocycles. The molecule has 0 aliphatic rings. The number of aryl methyl sites for hydroxylation is 2. The van der Waals surface area contributed by atoms with Crippen LogP contribution in [0, 0.1) is 12.8 Å². The van der Waals surface area contributed by atoms with Gasteiger partial charge in [0, 0.05) is 19.4 Å². The number of esters is 2. The van der Waals surface area contributed by atoms with Gasteiger partial charge in [0.2, 0.25) is 0 Å². The molecular weight excluding hydrogens is 548 g/mol. The van der Waals surface area contributed by atoms with Gasteiger partial charge in [-0.15, -0.1) is 0 Å². The average molecular weight is 579 g/mol. The molecule has 1 heterocycles. The topological polar surface area (TPSA) is 141 Å². The molecule has 3 rings (SSSR count). The minimum atomic E-state index is -4.00. The first kappa shape index (κ1) is 30.1. The number of carbonyl (C=O) groups excluding carboxylic acids is 3. The van der Waals surface area contributed by atoms with E-state index in [1.165, 1.54) is 19.1 Å². The van der Waals surface area contributed by atoms with Gasteiger partial charge in [-0.3, -0.25) is 14.4 Å². The smallest absolute Gasteiger partial charge is 0.321 e. The second-order valence-corrected chi connectivity index (χ2v) is 11.7. The van der Waals surface area contributed by atoms with E-state index in [1.807, 2.05) is 19.1 Å². The highest BCUT2D eigenvalue weighted by Crippen LogP contribution is 2.28. The van der Waals surface area contributed by atoms with Crippen LogP contribution in [0.1, 0.15) is 41.5 Å². The molecule has 0 aliphatic heterocycles. The zero-order valence-corrected chi connectivity index (χ0v) is 23.6. The van der Waals surface area contributed by atoms with E-state index in [1.54, 1.807) is 36.7 Å². The predicted octanol–water partition coefficient (Wildman–Crippen LogP) is 3.12. The van der Waals surface area contributed by atoms with Gasteiger partial charge < -0.3 is 24.5 Å². The fourth-order valence-corrected chi connectivity index (χ4v) is 5.37. The summed E-state index contributed by atoms with van der Waals surface area (Å²) in [6, 6.07) is 10.9. The highest BCUT2D eigenvalue weighted by molar-refractivity contribution is 7.92. The molecular formula is C27H31ClN2O8S. The van der Waals surface area contributed by atoms with Crippen LogP contribution < -0.4 is 5.32 Å². The molecule has 39 heavy (non-hydrogen) atoms. The number of fused-ring (bicyclic) bond motifs is 1. The fraction of sp³-hybridized carbons (Fsp3) is 0.370. The van der Waals surface area contributed by atoms with Crippen molar-refractivity contribution in [1.82, 2.24) is 9.88 Å². The van der Waals surface area contributed by atoms with E-state index in [0.29, 0.717) is 16.3 Å². The molecule has 0 radical (unpaired) electrons.